The van der Waals surface area contributed by atoms with Crippen molar-refractivity contribution in [2.24, 2.45) is 5.73 Å². The fraction of sp³-hybridized carbons (Fsp3) is 0.222. The number of carbonyl (C=O) groups is 1. The maximum atomic E-state index is 13.5. The Morgan fingerprint density at radius 2 is 2.12 bits per heavy atom. The number of halogens is 2. The zero-order chi connectivity index (χ0) is 12.5. The van der Waals surface area contributed by atoms with Crippen LogP contribution >= 0.6 is 15.9 Å². The Bertz CT molecular complexity index is 438. The molecule has 0 heterocycles. The van der Waals surface area contributed by atoms with E-state index in [0.717, 1.165) is 6.07 Å². The zero-order valence-corrected chi connectivity index (χ0v) is 9.53. The number of carboxylic acids is 1. The molecule has 0 fully saturated rings. The average molecular weight is 294 g/mol. The van der Waals surface area contributed by atoms with Gasteiger partial charge in [-0.1, -0.05) is 15.9 Å². The van der Waals surface area contributed by atoms with Crippen LogP contribution in [-0.4, -0.2) is 27.3 Å². The van der Waals surface area contributed by atoms with E-state index in [0.29, 0.717) is 0 Å². The maximum Gasteiger partial charge on any atom is 0.320 e. The van der Waals surface area contributed by atoms with Crippen molar-refractivity contribution >= 4 is 21.9 Å². The van der Waals surface area contributed by atoms with Crippen LogP contribution in [-0.2, 0) is 11.2 Å². The highest BCUT2D eigenvalue weighted by atomic mass is 79.9. The van der Waals surface area contributed by atoms with Crippen LogP contribution in [0.1, 0.15) is 5.56 Å². The SMILES string of the molecule is NC(Cc1c(Br)cc(O)c(O)c1F)C(=O)O. The summed E-state index contributed by atoms with van der Waals surface area (Å²) in [4.78, 5) is 10.5. The van der Waals surface area contributed by atoms with Crippen molar-refractivity contribution in [1.82, 2.24) is 0 Å². The van der Waals surface area contributed by atoms with Crippen molar-refractivity contribution in [2.45, 2.75) is 12.5 Å². The molecule has 0 saturated carbocycles. The summed E-state index contributed by atoms with van der Waals surface area (Å²) < 4.78 is 13.6. The van der Waals surface area contributed by atoms with Gasteiger partial charge < -0.3 is 21.1 Å². The fourth-order valence-electron chi connectivity index (χ4n) is 1.13. The molecule has 0 amide bonds. The Balaban J connectivity index is 3.14. The molecule has 1 aromatic carbocycles. The van der Waals surface area contributed by atoms with Crippen molar-refractivity contribution in [3.63, 3.8) is 0 Å². The molecule has 1 aromatic rings. The van der Waals surface area contributed by atoms with Gasteiger partial charge in [-0.05, 0) is 6.07 Å². The van der Waals surface area contributed by atoms with Gasteiger partial charge in [-0.3, -0.25) is 4.79 Å². The second-order valence-electron chi connectivity index (χ2n) is 3.17. The first-order valence-electron chi connectivity index (χ1n) is 4.21. The third kappa shape index (κ3) is 2.42. The number of rotatable bonds is 3. The highest BCUT2D eigenvalue weighted by molar-refractivity contribution is 9.10. The quantitative estimate of drug-likeness (QED) is 0.621. The summed E-state index contributed by atoms with van der Waals surface area (Å²) in [6.45, 7) is 0. The number of nitrogens with two attached hydrogens (primary N) is 1. The van der Waals surface area contributed by atoms with Crippen molar-refractivity contribution < 1.29 is 24.5 Å². The van der Waals surface area contributed by atoms with Gasteiger partial charge in [0.15, 0.2) is 17.3 Å². The van der Waals surface area contributed by atoms with Crippen LogP contribution < -0.4 is 5.73 Å². The van der Waals surface area contributed by atoms with Crippen LogP contribution in [0.2, 0.25) is 0 Å². The molecule has 0 bridgehead atoms. The predicted molar refractivity (Wildman–Crippen MR) is 56.7 cm³/mol. The van der Waals surface area contributed by atoms with Gasteiger partial charge in [-0.2, -0.15) is 0 Å². The van der Waals surface area contributed by atoms with E-state index in [1.54, 1.807) is 0 Å². The monoisotopic (exact) mass is 293 g/mol. The van der Waals surface area contributed by atoms with Gasteiger partial charge in [0, 0.05) is 16.5 Å². The summed E-state index contributed by atoms with van der Waals surface area (Å²) in [7, 11) is 0. The van der Waals surface area contributed by atoms with Crippen LogP contribution in [0, 0.1) is 5.82 Å². The average Bonchev–Trinajstić information content (AvgIpc) is 2.20. The molecule has 1 unspecified atom stereocenters. The van der Waals surface area contributed by atoms with E-state index in [1.165, 1.54) is 0 Å². The van der Waals surface area contributed by atoms with E-state index in [1.807, 2.05) is 0 Å². The molecule has 88 valence electrons. The van der Waals surface area contributed by atoms with Crippen LogP contribution in [0.5, 0.6) is 11.5 Å². The summed E-state index contributed by atoms with van der Waals surface area (Å²) in [5.41, 5.74) is 5.15. The zero-order valence-electron chi connectivity index (χ0n) is 7.94. The van der Waals surface area contributed by atoms with E-state index >= 15 is 0 Å². The predicted octanol–water partition coefficient (Wildman–Crippen LogP) is 0.954. The minimum Gasteiger partial charge on any atom is -0.504 e. The molecule has 0 spiro atoms. The minimum atomic E-state index is -1.28. The van der Waals surface area contributed by atoms with E-state index in [-0.39, 0.29) is 16.5 Å². The molecule has 7 heteroatoms. The number of phenols is 2. The molecule has 0 radical (unpaired) electrons. The lowest BCUT2D eigenvalue weighted by Crippen LogP contribution is -2.32. The van der Waals surface area contributed by atoms with Gasteiger partial charge in [0.05, 0.1) is 0 Å². The lowest BCUT2D eigenvalue weighted by Gasteiger charge is -2.11. The van der Waals surface area contributed by atoms with Crippen molar-refractivity contribution in [1.29, 1.82) is 0 Å². The van der Waals surface area contributed by atoms with E-state index in [9.17, 15) is 9.18 Å². The Morgan fingerprint density at radius 3 is 2.62 bits per heavy atom. The molecule has 1 rings (SSSR count). The third-order valence-electron chi connectivity index (χ3n) is 2.01. The number of aliphatic carboxylic acids is 1. The number of aromatic hydroxyl groups is 2. The van der Waals surface area contributed by atoms with E-state index in [4.69, 9.17) is 21.1 Å². The largest absolute Gasteiger partial charge is 0.504 e. The van der Waals surface area contributed by atoms with Crippen molar-refractivity contribution in [2.75, 3.05) is 0 Å². The molecule has 0 saturated heterocycles. The minimum absolute atomic E-state index is 0.0924. The molecule has 5 nitrogen and oxygen atoms in total. The van der Waals surface area contributed by atoms with Crippen LogP contribution in [0.15, 0.2) is 10.5 Å². The van der Waals surface area contributed by atoms with Crippen LogP contribution in [0.4, 0.5) is 4.39 Å². The topological polar surface area (TPSA) is 104 Å². The molecule has 5 N–H and O–H groups in total. The number of phenolic OH excluding ortho intramolecular Hbond substituents is 2. The first-order valence-corrected chi connectivity index (χ1v) is 5.01. The second-order valence-corrected chi connectivity index (χ2v) is 4.02. The molecule has 0 aliphatic heterocycles. The second kappa shape index (κ2) is 4.67. The van der Waals surface area contributed by atoms with E-state index in [2.05, 4.69) is 15.9 Å². The Morgan fingerprint density at radius 1 is 1.56 bits per heavy atom. The van der Waals surface area contributed by atoms with Gasteiger partial charge in [0.25, 0.3) is 0 Å². The Kier molecular flexibility index (Phi) is 3.71. The van der Waals surface area contributed by atoms with E-state index < -0.39 is 29.3 Å². The summed E-state index contributed by atoms with van der Waals surface area (Å²) in [5, 5.41) is 26.8. The standard InChI is InChI=1S/C9H9BrFNO4/c10-4-2-6(13)8(14)7(11)3(4)1-5(12)9(15)16/h2,5,13-14H,1,12H2,(H,15,16). The molecule has 16 heavy (non-hydrogen) atoms. The first kappa shape index (κ1) is 12.7. The van der Waals surface area contributed by atoms with Gasteiger partial charge in [-0.25, -0.2) is 4.39 Å². The molecule has 1 atom stereocenters. The molecule has 0 aliphatic carbocycles. The first-order chi connectivity index (χ1) is 7.34. The summed E-state index contributed by atoms with van der Waals surface area (Å²) in [5.74, 6) is -3.91. The number of hydrogen-bond donors (Lipinski definition) is 4. The molecular weight excluding hydrogens is 285 g/mol. The number of benzene rings is 1. The lowest BCUT2D eigenvalue weighted by molar-refractivity contribution is -0.138. The molecule has 0 aliphatic rings. The normalized spacial score (nSPS) is 12.4. The fourth-order valence-corrected chi connectivity index (χ4v) is 1.68. The molecular formula is C9H9BrFNO4. The Hall–Kier alpha value is -1.34. The summed E-state index contributed by atoms with van der Waals surface area (Å²) in [6, 6.07) is -0.211. The number of hydrogen-bond acceptors (Lipinski definition) is 4. The smallest absolute Gasteiger partial charge is 0.320 e. The van der Waals surface area contributed by atoms with Crippen LogP contribution in [0.3, 0.4) is 0 Å². The van der Waals surface area contributed by atoms with Crippen LogP contribution in [0.25, 0.3) is 0 Å². The Labute approximate surface area is 98.4 Å². The van der Waals surface area contributed by atoms with Gasteiger partial charge in [0.1, 0.15) is 6.04 Å². The highest BCUT2D eigenvalue weighted by Gasteiger charge is 2.21. The van der Waals surface area contributed by atoms with Crippen molar-refractivity contribution in [3.8, 4) is 11.5 Å². The lowest BCUT2D eigenvalue weighted by atomic mass is 10.1. The maximum absolute atomic E-state index is 13.5. The third-order valence-corrected chi connectivity index (χ3v) is 2.72. The van der Waals surface area contributed by atoms with Gasteiger partial charge in [-0.15, -0.1) is 0 Å². The number of carboxylic acid groups (broad SMARTS) is 1. The molecule has 0 aromatic heterocycles. The highest BCUT2D eigenvalue weighted by Crippen LogP contribution is 2.35. The summed E-state index contributed by atoms with van der Waals surface area (Å²) >= 11 is 2.95. The van der Waals surface area contributed by atoms with Gasteiger partial charge in [0.2, 0.25) is 0 Å². The summed E-state index contributed by atoms with van der Waals surface area (Å²) in [6.07, 6.45) is -0.296. The van der Waals surface area contributed by atoms with Crippen molar-refractivity contribution in [3.05, 3.63) is 21.9 Å². The van der Waals surface area contributed by atoms with Gasteiger partial charge >= 0.3 is 5.97 Å².